The van der Waals surface area contributed by atoms with E-state index in [0.29, 0.717) is 45.3 Å². The lowest BCUT2D eigenvalue weighted by atomic mass is 9.84. The number of fused-ring (bicyclic) bond motifs is 7. The number of ether oxygens (including phenoxy) is 8. The third-order valence-corrected chi connectivity index (χ3v) is 12.6. The van der Waals surface area contributed by atoms with E-state index in [1.54, 1.807) is 36.4 Å². The number of amides is 1. The standard InChI is InChI=1S/C55H50F3NO10/c1-62-52(61)53(59-51(60)54(63-2,55(56,57)58)40-16-4-3-5-17-40)34-38-14-10-20-43-47(38)48-39(35-53)15-11-21-44(48)67-31-27-65-29-33-69-46-25-23-37-13-7-9-19-42(37)50(46)49-41-18-8-6-12-36(41)22-24-45(49)68-32-28-64-26-30-66-43/h3-25H,26-35H2,1-2H3,(H,59,60)/t54-/m0/s1. The van der Waals surface area contributed by atoms with Gasteiger partial charge in [0.25, 0.3) is 11.5 Å². The number of nitrogens with one attached hydrogen (secondary N) is 1. The van der Waals surface area contributed by atoms with E-state index in [9.17, 15) is 9.59 Å². The molecule has 7 aromatic rings. The third-order valence-electron chi connectivity index (χ3n) is 12.6. The fraction of sp³-hybridized carbons (Fsp3) is 0.273. The summed E-state index contributed by atoms with van der Waals surface area (Å²) in [5.41, 5.74) is -2.24. The van der Waals surface area contributed by atoms with Crippen LogP contribution < -0.4 is 24.3 Å². The van der Waals surface area contributed by atoms with Crippen LogP contribution >= 0.6 is 0 Å². The Morgan fingerprint density at radius 3 is 1.38 bits per heavy atom. The van der Waals surface area contributed by atoms with Gasteiger partial charge in [-0.3, -0.25) is 4.79 Å². The Morgan fingerprint density at radius 1 is 0.507 bits per heavy atom. The Bertz CT molecular complexity index is 2830. The molecule has 0 radical (unpaired) electrons. The van der Waals surface area contributed by atoms with E-state index in [1.165, 1.54) is 18.2 Å². The average Bonchev–Trinajstić information content (AvgIpc) is 3.50. The van der Waals surface area contributed by atoms with Gasteiger partial charge in [-0.1, -0.05) is 115 Å². The number of hydrogen-bond donors (Lipinski definition) is 1. The summed E-state index contributed by atoms with van der Waals surface area (Å²) in [5, 5.41) is 6.62. The fourth-order valence-corrected chi connectivity index (χ4v) is 9.48. The molecule has 1 amide bonds. The molecule has 1 aliphatic heterocycles. The van der Waals surface area contributed by atoms with Crippen LogP contribution in [0.3, 0.4) is 0 Å². The second-order valence-corrected chi connectivity index (χ2v) is 16.6. The molecule has 2 aliphatic rings. The number of esters is 1. The van der Waals surface area contributed by atoms with Crippen molar-refractivity contribution in [1.82, 2.24) is 5.32 Å². The van der Waals surface area contributed by atoms with Gasteiger partial charge in [0.15, 0.2) is 0 Å². The maximum Gasteiger partial charge on any atom is 0.430 e. The highest BCUT2D eigenvalue weighted by Gasteiger charge is 2.64. The number of hydrogen-bond acceptors (Lipinski definition) is 10. The monoisotopic (exact) mass is 941 g/mol. The minimum Gasteiger partial charge on any atom is -0.491 e. The summed E-state index contributed by atoms with van der Waals surface area (Å²) in [6.07, 6.45) is -5.82. The summed E-state index contributed by atoms with van der Waals surface area (Å²) in [6.45, 7) is 1.42. The molecule has 0 saturated carbocycles. The zero-order valence-corrected chi connectivity index (χ0v) is 38.1. The lowest BCUT2D eigenvalue weighted by Crippen LogP contribution is -2.65. The highest BCUT2D eigenvalue weighted by Crippen LogP contribution is 2.49. The topological polar surface area (TPSA) is 120 Å². The maximum absolute atomic E-state index is 15.3. The van der Waals surface area contributed by atoms with Crippen LogP contribution in [0.2, 0.25) is 0 Å². The quantitative estimate of drug-likeness (QED) is 0.167. The van der Waals surface area contributed by atoms with Crippen LogP contribution in [0.25, 0.3) is 43.8 Å². The molecule has 1 N–H and O–H groups in total. The first-order valence-electron chi connectivity index (χ1n) is 22.6. The minimum absolute atomic E-state index is 0.0957. The van der Waals surface area contributed by atoms with E-state index >= 15 is 13.2 Å². The zero-order valence-electron chi connectivity index (χ0n) is 38.1. The molecule has 1 atom stereocenters. The van der Waals surface area contributed by atoms with Crippen LogP contribution in [0.5, 0.6) is 23.0 Å². The lowest BCUT2D eigenvalue weighted by molar-refractivity contribution is -0.266. The molecular weight excluding hydrogens is 892 g/mol. The van der Waals surface area contributed by atoms with Gasteiger partial charge in [0.2, 0.25) is 0 Å². The molecule has 0 unspecified atom stereocenters. The van der Waals surface area contributed by atoms with Gasteiger partial charge < -0.3 is 43.2 Å². The Morgan fingerprint density at radius 2 is 0.942 bits per heavy atom. The zero-order chi connectivity index (χ0) is 48.0. The van der Waals surface area contributed by atoms with Gasteiger partial charge in [0.05, 0.1) is 33.5 Å². The van der Waals surface area contributed by atoms with Crippen LogP contribution in [-0.2, 0) is 47.0 Å². The molecule has 69 heavy (non-hydrogen) atoms. The molecule has 0 spiro atoms. The molecular formula is C55H50F3NO10. The Balaban J connectivity index is 1.06. The number of alkyl halides is 3. The van der Waals surface area contributed by atoms with Gasteiger partial charge in [-0.15, -0.1) is 0 Å². The Labute approximate surface area is 396 Å². The van der Waals surface area contributed by atoms with Crippen molar-refractivity contribution >= 4 is 33.4 Å². The molecule has 7 aromatic carbocycles. The second kappa shape index (κ2) is 20.2. The Hall–Kier alpha value is -7.13. The largest absolute Gasteiger partial charge is 0.491 e. The van der Waals surface area contributed by atoms with E-state index < -0.39 is 34.8 Å². The van der Waals surface area contributed by atoms with E-state index in [1.807, 2.05) is 48.5 Å². The summed E-state index contributed by atoms with van der Waals surface area (Å²) in [5.74, 6) is -0.441. The second-order valence-electron chi connectivity index (χ2n) is 16.6. The number of carbonyl (C=O) groups excluding carboxylic acids is 2. The SMILES string of the molecule is COC(=O)C1(NC(=O)[C@@](OC)(c2ccccc2)C(F)(F)F)Cc2cccc3c2-c2c(cccc2OCCOCCOc2ccc4ccccc4c2-c2c(ccc4ccccc24)OCCOCCO3)C1. The van der Waals surface area contributed by atoms with Gasteiger partial charge >= 0.3 is 12.1 Å². The molecule has 356 valence electrons. The van der Waals surface area contributed by atoms with Crippen molar-refractivity contribution < 1.29 is 60.7 Å². The molecule has 0 saturated heterocycles. The molecule has 14 heteroatoms. The molecule has 0 bridgehead atoms. The summed E-state index contributed by atoms with van der Waals surface area (Å²) < 4.78 is 94.3. The van der Waals surface area contributed by atoms with Gasteiger partial charge in [0, 0.05) is 47.8 Å². The number of carbonyl (C=O) groups is 2. The van der Waals surface area contributed by atoms with E-state index in [-0.39, 0.29) is 65.7 Å². The molecule has 0 fully saturated rings. The van der Waals surface area contributed by atoms with Gasteiger partial charge in [-0.2, -0.15) is 13.2 Å². The summed E-state index contributed by atoms with van der Waals surface area (Å²) in [7, 11) is 1.93. The first-order chi connectivity index (χ1) is 33.6. The maximum atomic E-state index is 15.3. The van der Waals surface area contributed by atoms with Crippen molar-refractivity contribution in [3.8, 4) is 45.3 Å². The van der Waals surface area contributed by atoms with Crippen molar-refractivity contribution in [2.45, 2.75) is 30.2 Å². The molecule has 9 rings (SSSR count). The minimum atomic E-state index is -5.25. The first kappa shape index (κ1) is 47.0. The predicted molar refractivity (Wildman–Crippen MR) is 254 cm³/mol. The van der Waals surface area contributed by atoms with Crippen molar-refractivity contribution in [3.63, 3.8) is 0 Å². The molecule has 0 aromatic heterocycles. The van der Waals surface area contributed by atoms with Crippen LogP contribution in [0.4, 0.5) is 13.2 Å². The number of methoxy groups -OCH3 is 2. The van der Waals surface area contributed by atoms with Crippen molar-refractivity contribution in [3.05, 3.63) is 156 Å². The predicted octanol–water partition coefficient (Wildman–Crippen LogP) is 9.82. The molecule has 1 heterocycles. The van der Waals surface area contributed by atoms with Gasteiger partial charge in [-0.05, 0) is 56.9 Å². The van der Waals surface area contributed by atoms with Gasteiger partial charge in [0.1, 0.15) is 55.0 Å². The Kier molecular flexibility index (Phi) is 13.8. The third kappa shape index (κ3) is 9.15. The highest BCUT2D eigenvalue weighted by molar-refractivity contribution is 6.09. The van der Waals surface area contributed by atoms with E-state index in [2.05, 4.69) is 29.6 Å². The number of halogens is 3. The van der Waals surface area contributed by atoms with Crippen molar-refractivity contribution in [2.75, 3.05) is 67.1 Å². The highest BCUT2D eigenvalue weighted by atomic mass is 19.4. The van der Waals surface area contributed by atoms with Crippen LogP contribution in [0.15, 0.2) is 140 Å². The summed E-state index contributed by atoms with van der Waals surface area (Å²) in [4.78, 5) is 28.6. The number of rotatable bonds is 5. The van der Waals surface area contributed by atoms with Crippen LogP contribution in [0, 0.1) is 0 Å². The van der Waals surface area contributed by atoms with Crippen molar-refractivity contribution in [2.24, 2.45) is 0 Å². The fourth-order valence-electron chi connectivity index (χ4n) is 9.48. The number of benzene rings is 7. The van der Waals surface area contributed by atoms with Crippen LogP contribution in [-0.4, -0.2) is 90.7 Å². The molecule has 11 nitrogen and oxygen atoms in total. The lowest BCUT2D eigenvalue weighted by Gasteiger charge is -2.38. The summed E-state index contributed by atoms with van der Waals surface area (Å²) in [6, 6.07) is 41.3. The van der Waals surface area contributed by atoms with E-state index in [0.717, 1.165) is 59.0 Å². The average molecular weight is 942 g/mol. The molecule has 1 aliphatic carbocycles. The summed E-state index contributed by atoms with van der Waals surface area (Å²) >= 11 is 0. The van der Waals surface area contributed by atoms with Crippen LogP contribution in [0.1, 0.15) is 16.7 Å². The van der Waals surface area contributed by atoms with Crippen molar-refractivity contribution in [1.29, 1.82) is 0 Å². The van der Waals surface area contributed by atoms with Gasteiger partial charge in [-0.25, -0.2) is 4.79 Å². The smallest absolute Gasteiger partial charge is 0.430 e. The van der Waals surface area contributed by atoms with E-state index in [4.69, 9.17) is 37.9 Å². The first-order valence-corrected chi connectivity index (χ1v) is 22.6. The normalized spacial score (nSPS) is 16.4.